The van der Waals surface area contributed by atoms with Gasteiger partial charge in [0.25, 0.3) is 0 Å². The van der Waals surface area contributed by atoms with Gasteiger partial charge >= 0.3 is 0 Å². The zero-order valence-electron chi connectivity index (χ0n) is 10.7. The molecule has 1 heterocycles. The standard InChI is InChI=1S/C10H19N3.C2H6/c1-3-5-7-10-9-11-12-13(10)8-6-4-2;1-2/h9H,3-8H2,1-2H3;1-2H3. The quantitative estimate of drug-likeness (QED) is 0.721. The average Bonchev–Trinajstić information content (AvgIpc) is 2.73. The molecule has 0 aliphatic carbocycles. The summed E-state index contributed by atoms with van der Waals surface area (Å²) in [6, 6.07) is 0. The first-order valence-corrected chi connectivity index (χ1v) is 6.25. The Morgan fingerprint density at radius 3 is 2.40 bits per heavy atom. The number of nitrogens with zero attached hydrogens (tertiary/aromatic N) is 3. The molecular weight excluding hydrogens is 186 g/mol. The van der Waals surface area contributed by atoms with Crippen LogP contribution in [0.4, 0.5) is 0 Å². The largest absolute Gasteiger partial charge is 0.249 e. The zero-order chi connectivity index (χ0) is 11.5. The Labute approximate surface area is 93.9 Å². The number of hydrogen-bond donors (Lipinski definition) is 0. The molecule has 15 heavy (non-hydrogen) atoms. The van der Waals surface area contributed by atoms with Crippen LogP contribution in [-0.4, -0.2) is 15.0 Å². The van der Waals surface area contributed by atoms with Crippen LogP contribution in [0.2, 0.25) is 0 Å². The molecule has 0 atom stereocenters. The molecule has 3 nitrogen and oxygen atoms in total. The van der Waals surface area contributed by atoms with Crippen LogP contribution >= 0.6 is 0 Å². The third kappa shape index (κ3) is 5.55. The molecule has 0 N–H and O–H groups in total. The highest BCUT2D eigenvalue weighted by Gasteiger charge is 2.01. The monoisotopic (exact) mass is 211 g/mol. The van der Waals surface area contributed by atoms with E-state index in [0.29, 0.717) is 0 Å². The Bertz CT molecular complexity index is 208. The summed E-state index contributed by atoms with van der Waals surface area (Å²) in [5.41, 5.74) is 1.29. The summed E-state index contributed by atoms with van der Waals surface area (Å²) in [7, 11) is 0. The van der Waals surface area contributed by atoms with E-state index in [1.54, 1.807) is 0 Å². The van der Waals surface area contributed by atoms with Gasteiger partial charge in [0.05, 0.1) is 11.9 Å². The maximum absolute atomic E-state index is 4.07. The maximum Gasteiger partial charge on any atom is 0.0725 e. The van der Waals surface area contributed by atoms with E-state index in [2.05, 4.69) is 24.2 Å². The van der Waals surface area contributed by atoms with Gasteiger partial charge in [0.15, 0.2) is 0 Å². The van der Waals surface area contributed by atoms with E-state index >= 15 is 0 Å². The van der Waals surface area contributed by atoms with Gasteiger partial charge in [-0.3, -0.25) is 0 Å². The first kappa shape index (κ1) is 14.1. The molecule has 0 bridgehead atoms. The second-order valence-electron chi connectivity index (χ2n) is 3.41. The Hall–Kier alpha value is -0.860. The van der Waals surface area contributed by atoms with Crippen molar-refractivity contribution in [3.63, 3.8) is 0 Å². The lowest BCUT2D eigenvalue weighted by Crippen LogP contribution is -2.05. The molecule has 0 saturated carbocycles. The third-order valence-corrected chi connectivity index (χ3v) is 2.21. The lowest BCUT2D eigenvalue weighted by Gasteiger charge is -2.03. The lowest BCUT2D eigenvalue weighted by atomic mass is 10.2. The van der Waals surface area contributed by atoms with Gasteiger partial charge in [-0.2, -0.15) is 0 Å². The first-order valence-electron chi connectivity index (χ1n) is 6.25. The molecule has 1 aromatic rings. The van der Waals surface area contributed by atoms with Crippen LogP contribution < -0.4 is 0 Å². The minimum absolute atomic E-state index is 1.02. The van der Waals surface area contributed by atoms with Crippen molar-refractivity contribution < 1.29 is 0 Å². The molecule has 0 aliphatic rings. The SMILES string of the molecule is CC.CCCCc1cnnn1CCCC. The van der Waals surface area contributed by atoms with Crippen LogP contribution in [0, 0.1) is 0 Å². The van der Waals surface area contributed by atoms with Gasteiger partial charge in [0, 0.05) is 6.54 Å². The van der Waals surface area contributed by atoms with E-state index in [-0.39, 0.29) is 0 Å². The molecule has 1 rings (SSSR count). The van der Waals surface area contributed by atoms with Crippen LogP contribution in [0.3, 0.4) is 0 Å². The summed E-state index contributed by atoms with van der Waals surface area (Å²) in [4.78, 5) is 0. The predicted molar refractivity (Wildman–Crippen MR) is 64.9 cm³/mol. The van der Waals surface area contributed by atoms with Gasteiger partial charge in [-0.05, 0) is 19.3 Å². The summed E-state index contributed by atoms with van der Waals surface area (Å²) in [5, 5.41) is 8.01. The van der Waals surface area contributed by atoms with Crippen molar-refractivity contribution in [1.82, 2.24) is 15.0 Å². The average molecular weight is 211 g/mol. The fourth-order valence-corrected chi connectivity index (χ4v) is 1.33. The Balaban J connectivity index is 0.000000921. The summed E-state index contributed by atoms with van der Waals surface area (Å²) < 4.78 is 2.04. The Kier molecular flexibility index (Phi) is 9.13. The van der Waals surface area contributed by atoms with E-state index in [0.717, 1.165) is 13.0 Å². The number of rotatable bonds is 6. The molecule has 88 valence electrons. The number of hydrogen-bond acceptors (Lipinski definition) is 2. The van der Waals surface area contributed by atoms with Gasteiger partial charge in [-0.15, -0.1) is 5.10 Å². The molecule has 0 spiro atoms. The van der Waals surface area contributed by atoms with Crippen LogP contribution in [0.1, 0.15) is 59.1 Å². The third-order valence-electron chi connectivity index (χ3n) is 2.21. The highest BCUT2D eigenvalue weighted by atomic mass is 15.4. The van der Waals surface area contributed by atoms with Gasteiger partial charge in [-0.25, -0.2) is 4.68 Å². The van der Waals surface area contributed by atoms with E-state index in [9.17, 15) is 0 Å². The molecule has 0 aromatic carbocycles. The summed E-state index contributed by atoms with van der Waals surface area (Å²) in [6.45, 7) is 9.43. The molecule has 0 amide bonds. The second kappa shape index (κ2) is 9.69. The van der Waals surface area contributed by atoms with E-state index in [1.807, 2.05) is 24.7 Å². The van der Waals surface area contributed by atoms with Gasteiger partial charge in [0.2, 0.25) is 0 Å². The Morgan fingerprint density at radius 2 is 1.80 bits per heavy atom. The van der Waals surface area contributed by atoms with Gasteiger partial charge in [0.1, 0.15) is 0 Å². The fourth-order valence-electron chi connectivity index (χ4n) is 1.33. The van der Waals surface area contributed by atoms with Crippen LogP contribution in [-0.2, 0) is 13.0 Å². The molecule has 0 saturated heterocycles. The van der Waals surface area contributed by atoms with Crippen molar-refractivity contribution in [2.45, 2.75) is 66.3 Å². The fraction of sp³-hybridized carbons (Fsp3) is 0.833. The summed E-state index contributed by atoms with van der Waals surface area (Å²) >= 11 is 0. The highest BCUT2D eigenvalue weighted by Crippen LogP contribution is 2.04. The second-order valence-corrected chi connectivity index (χ2v) is 3.41. The van der Waals surface area contributed by atoms with E-state index in [1.165, 1.54) is 31.4 Å². The van der Waals surface area contributed by atoms with Crippen molar-refractivity contribution in [1.29, 1.82) is 0 Å². The smallest absolute Gasteiger partial charge is 0.0725 e. The zero-order valence-corrected chi connectivity index (χ0v) is 10.7. The molecule has 0 unspecified atom stereocenters. The number of unbranched alkanes of at least 4 members (excludes halogenated alkanes) is 2. The maximum atomic E-state index is 4.07. The summed E-state index contributed by atoms with van der Waals surface area (Å²) in [6.07, 6.45) is 7.90. The van der Waals surface area contributed by atoms with Crippen LogP contribution in [0.5, 0.6) is 0 Å². The van der Waals surface area contributed by atoms with Gasteiger partial charge in [-0.1, -0.05) is 45.7 Å². The van der Waals surface area contributed by atoms with E-state index < -0.39 is 0 Å². The van der Waals surface area contributed by atoms with Crippen LogP contribution in [0.25, 0.3) is 0 Å². The molecular formula is C12H25N3. The van der Waals surface area contributed by atoms with Crippen molar-refractivity contribution in [3.05, 3.63) is 11.9 Å². The first-order chi connectivity index (χ1) is 7.38. The predicted octanol–water partition coefficient (Wildman–Crippen LogP) is 3.45. The molecule has 1 aromatic heterocycles. The van der Waals surface area contributed by atoms with Crippen molar-refractivity contribution >= 4 is 0 Å². The highest BCUT2D eigenvalue weighted by molar-refractivity contribution is 4.93. The number of aryl methyl sites for hydroxylation is 2. The molecule has 3 heteroatoms. The van der Waals surface area contributed by atoms with Gasteiger partial charge < -0.3 is 0 Å². The molecule has 0 aliphatic heterocycles. The van der Waals surface area contributed by atoms with Crippen molar-refractivity contribution in [2.24, 2.45) is 0 Å². The molecule has 0 radical (unpaired) electrons. The minimum atomic E-state index is 1.02. The lowest BCUT2D eigenvalue weighted by molar-refractivity contribution is 0.528. The normalized spacial score (nSPS) is 9.60. The topological polar surface area (TPSA) is 30.7 Å². The summed E-state index contributed by atoms with van der Waals surface area (Å²) in [5.74, 6) is 0. The molecule has 0 fully saturated rings. The minimum Gasteiger partial charge on any atom is -0.249 e. The van der Waals surface area contributed by atoms with Crippen LogP contribution in [0.15, 0.2) is 6.20 Å². The number of aromatic nitrogens is 3. The van der Waals surface area contributed by atoms with E-state index in [4.69, 9.17) is 0 Å². The van der Waals surface area contributed by atoms with Crippen molar-refractivity contribution in [2.75, 3.05) is 0 Å². The Morgan fingerprint density at radius 1 is 1.13 bits per heavy atom. The van der Waals surface area contributed by atoms with Crippen molar-refractivity contribution in [3.8, 4) is 0 Å².